The molecule has 2 aliphatic rings. The van der Waals surface area contributed by atoms with Gasteiger partial charge in [0.25, 0.3) is 0 Å². The molecule has 1 aromatic carbocycles. The van der Waals surface area contributed by atoms with Gasteiger partial charge < -0.3 is 10.2 Å². The van der Waals surface area contributed by atoms with Crippen molar-refractivity contribution in [2.24, 2.45) is 0 Å². The van der Waals surface area contributed by atoms with Gasteiger partial charge in [-0.2, -0.15) is 18.4 Å². The number of carbonyl (C=O) groups excluding carboxylic acids is 2. The maximum Gasteiger partial charge on any atom is 0.334 e. The van der Waals surface area contributed by atoms with Gasteiger partial charge in [-0.05, 0) is 19.4 Å². The molecule has 2 saturated heterocycles. The monoisotopic (exact) mass is 453 g/mol. The topological polar surface area (TPSA) is 170 Å². The third-order valence-electron chi connectivity index (χ3n) is 5.01. The molecular weight excluding hydrogens is 434 g/mol. The van der Waals surface area contributed by atoms with Crippen molar-refractivity contribution in [1.29, 1.82) is 0 Å². The lowest BCUT2D eigenvalue weighted by molar-refractivity contribution is -0.152. The summed E-state index contributed by atoms with van der Waals surface area (Å²) >= 11 is 1.48. The van der Waals surface area contributed by atoms with E-state index < -0.39 is 39.1 Å². The fourth-order valence-electron chi connectivity index (χ4n) is 3.75. The SMILES string of the molecule is CC1(C)S[C@@H]2C(NC(=O)C(NS(=O)(=O)O)c3ccccc3)C(=O)N2C1c1nn[nH]n1. The fourth-order valence-corrected chi connectivity index (χ4v) is 5.92. The number of aromatic nitrogens is 4. The minimum Gasteiger partial charge on any atom is -0.340 e. The molecule has 2 amide bonds. The van der Waals surface area contributed by atoms with Gasteiger partial charge in [-0.3, -0.25) is 14.1 Å². The van der Waals surface area contributed by atoms with E-state index in [1.807, 2.05) is 18.6 Å². The Morgan fingerprint density at radius 3 is 2.63 bits per heavy atom. The number of benzene rings is 1. The number of nitrogens with one attached hydrogen (secondary N) is 3. The highest BCUT2D eigenvalue weighted by Crippen LogP contribution is 2.56. The minimum absolute atomic E-state index is 0.320. The van der Waals surface area contributed by atoms with Gasteiger partial charge in [-0.25, -0.2) is 0 Å². The second-order valence-electron chi connectivity index (χ2n) is 7.45. The molecule has 1 aromatic heterocycles. The average Bonchev–Trinajstić information content (AvgIpc) is 3.28. The zero-order valence-corrected chi connectivity index (χ0v) is 17.5. The molecule has 4 N–H and O–H groups in total. The van der Waals surface area contributed by atoms with Crippen molar-refractivity contribution in [1.82, 2.24) is 35.6 Å². The summed E-state index contributed by atoms with van der Waals surface area (Å²) in [6.07, 6.45) is 0. The van der Waals surface area contributed by atoms with Gasteiger partial charge in [0.2, 0.25) is 11.8 Å². The second kappa shape index (κ2) is 7.30. The van der Waals surface area contributed by atoms with E-state index in [1.165, 1.54) is 23.9 Å². The molecule has 30 heavy (non-hydrogen) atoms. The van der Waals surface area contributed by atoms with Gasteiger partial charge in [0, 0.05) is 4.75 Å². The maximum atomic E-state index is 12.9. The minimum atomic E-state index is -4.67. The predicted octanol–water partition coefficient (Wildman–Crippen LogP) is -0.447. The number of amides is 2. The van der Waals surface area contributed by atoms with Crippen LogP contribution in [-0.2, 0) is 19.9 Å². The van der Waals surface area contributed by atoms with Crippen molar-refractivity contribution >= 4 is 33.9 Å². The van der Waals surface area contributed by atoms with Crippen molar-refractivity contribution in [3.63, 3.8) is 0 Å². The molecule has 4 atom stereocenters. The number of aromatic amines is 1. The van der Waals surface area contributed by atoms with Crippen LogP contribution in [0.4, 0.5) is 0 Å². The lowest BCUT2D eigenvalue weighted by Crippen LogP contribution is -2.68. The quantitative estimate of drug-likeness (QED) is 0.334. The van der Waals surface area contributed by atoms with E-state index in [4.69, 9.17) is 0 Å². The van der Waals surface area contributed by atoms with Gasteiger partial charge in [0.1, 0.15) is 23.5 Å². The van der Waals surface area contributed by atoms with Crippen LogP contribution in [0, 0.1) is 0 Å². The van der Waals surface area contributed by atoms with Crippen molar-refractivity contribution in [2.75, 3.05) is 0 Å². The molecule has 4 rings (SSSR count). The van der Waals surface area contributed by atoms with Crippen LogP contribution < -0.4 is 10.0 Å². The molecule has 2 aromatic rings. The van der Waals surface area contributed by atoms with E-state index in [0.717, 1.165) is 0 Å². The zero-order valence-electron chi connectivity index (χ0n) is 15.9. The van der Waals surface area contributed by atoms with E-state index in [-0.39, 0.29) is 11.3 Å². The molecule has 0 saturated carbocycles. The van der Waals surface area contributed by atoms with Crippen molar-refractivity contribution in [2.45, 2.75) is 42.1 Å². The average molecular weight is 454 g/mol. The van der Waals surface area contributed by atoms with E-state index >= 15 is 0 Å². The number of β-lactam (4-membered cyclic amide) rings is 1. The molecule has 14 heteroatoms. The standard InChI is InChI=1S/C16H19N7O5S2/c1-16(2)11(12-18-21-22-19-12)23-14(25)10(15(23)29-16)17-13(24)9(20-30(26,27)28)8-6-4-3-5-7-8/h3-7,9-11,15,20H,1-2H3,(H,17,24)(H,26,27,28)(H,18,19,21,22)/t9?,10?,11?,15-/m1/s1. The van der Waals surface area contributed by atoms with E-state index in [2.05, 4.69) is 25.9 Å². The maximum absolute atomic E-state index is 12.9. The van der Waals surface area contributed by atoms with Crippen molar-refractivity contribution < 1.29 is 22.6 Å². The number of nitrogens with zero attached hydrogens (tertiary/aromatic N) is 4. The molecule has 3 heterocycles. The smallest absolute Gasteiger partial charge is 0.334 e. The van der Waals surface area contributed by atoms with Crippen LogP contribution in [0.2, 0.25) is 0 Å². The summed E-state index contributed by atoms with van der Waals surface area (Å²) in [7, 11) is -4.67. The van der Waals surface area contributed by atoms with Crippen LogP contribution in [0.3, 0.4) is 0 Å². The summed E-state index contributed by atoms with van der Waals surface area (Å²) in [5.41, 5.74) is 0.320. The molecular formula is C16H19N7O5S2. The van der Waals surface area contributed by atoms with Gasteiger partial charge in [0.15, 0.2) is 5.82 Å². The Labute approximate surface area is 176 Å². The highest BCUT2D eigenvalue weighted by Gasteiger charge is 2.63. The largest absolute Gasteiger partial charge is 0.340 e. The fraction of sp³-hybridized carbons (Fsp3) is 0.438. The number of hydrogen-bond donors (Lipinski definition) is 4. The van der Waals surface area contributed by atoms with Gasteiger partial charge in [-0.1, -0.05) is 35.5 Å². The number of hydrogen-bond acceptors (Lipinski definition) is 8. The number of carbonyl (C=O) groups is 2. The van der Waals surface area contributed by atoms with Crippen molar-refractivity contribution in [3.05, 3.63) is 41.7 Å². The first-order valence-corrected chi connectivity index (χ1v) is 11.2. The highest BCUT2D eigenvalue weighted by atomic mass is 32.2. The second-order valence-corrected chi connectivity index (χ2v) is 10.4. The lowest BCUT2D eigenvalue weighted by Gasteiger charge is -2.44. The Hall–Kier alpha value is -2.55. The highest BCUT2D eigenvalue weighted by molar-refractivity contribution is 8.01. The third-order valence-corrected chi connectivity index (χ3v) is 7.11. The van der Waals surface area contributed by atoms with E-state index in [1.54, 1.807) is 23.1 Å². The van der Waals surface area contributed by atoms with Crippen molar-refractivity contribution in [3.8, 4) is 0 Å². The number of rotatable bonds is 6. The normalized spacial score (nSPS) is 26.0. The summed E-state index contributed by atoms with van der Waals surface area (Å²) in [6, 6.07) is 5.37. The first-order chi connectivity index (χ1) is 14.1. The number of fused-ring (bicyclic) bond motifs is 1. The Morgan fingerprint density at radius 2 is 2.03 bits per heavy atom. The van der Waals surface area contributed by atoms with E-state index in [9.17, 15) is 22.6 Å². The Morgan fingerprint density at radius 1 is 1.33 bits per heavy atom. The van der Waals surface area contributed by atoms with Gasteiger partial charge >= 0.3 is 10.3 Å². The summed E-state index contributed by atoms with van der Waals surface area (Å²) < 4.78 is 33.4. The summed E-state index contributed by atoms with van der Waals surface area (Å²) in [5.74, 6) is -0.707. The molecule has 2 aliphatic heterocycles. The first-order valence-electron chi connectivity index (χ1n) is 8.92. The van der Waals surface area contributed by atoms with Gasteiger partial charge in [0.05, 0.1) is 0 Å². The molecule has 0 aliphatic carbocycles. The molecule has 12 nitrogen and oxygen atoms in total. The lowest BCUT2D eigenvalue weighted by atomic mass is 9.95. The van der Waals surface area contributed by atoms with Crippen LogP contribution in [0.15, 0.2) is 30.3 Å². The van der Waals surface area contributed by atoms with Crippen LogP contribution >= 0.6 is 11.8 Å². The predicted molar refractivity (Wildman–Crippen MR) is 105 cm³/mol. The first kappa shape index (κ1) is 20.7. The Kier molecular flexibility index (Phi) is 5.04. The number of tetrazole rings is 1. The van der Waals surface area contributed by atoms with Crippen LogP contribution in [0.25, 0.3) is 0 Å². The van der Waals surface area contributed by atoms with Crippen LogP contribution in [0.1, 0.15) is 37.3 Å². The number of thioether (sulfide) groups is 1. The molecule has 0 radical (unpaired) electrons. The summed E-state index contributed by atoms with van der Waals surface area (Å²) in [6.45, 7) is 3.88. The Balaban J connectivity index is 1.54. The Bertz CT molecular complexity index is 1060. The molecule has 0 bridgehead atoms. The summed E-state index contributed by atoms with van der Waals surface area (Å²) in [5, 5.41) is 16.2. The van der Waals surface area contributed by atoms with Gasteiger partial charge in [-0.15, -0.1) is 22.0 Å². The molecule has 160 valence electrons. The number of H-pyrrole nitrogens is 1. The summed E-state index contributed by atoms with van der Waals surface area (Å²) in [4.78, 5) is 27.3. The van der Waals surface area contributed by atoms with Crippen LogP contribution in [-0.4, -0.2) is 66.5 Å². The zero-order chi connectivity index (χ0) is 21.7. The molecule has 3 unspecified atom stereocenters. The molecule has 0 spiro atoms. The van der Waals surface area contributed by atoms with E-state index in [0.29, 0.717) is 11.4 Å². The molecule has 2 fully saturated rings. The third kappa shape index (κ3) is 3.66. The van der Waals surface area contributed by atoms with Crippen LogP contribution in [0.5, 0.6) is 0 Å².